The normalized spacial score (nSPS) is 16.3. The van der Waals surface area contributed by atoms with E-state index in [1.165, 1.54) is 0 Å². The number of likely N-dealkylation sites (N-methyl/N-ethyl adjacent to an activating group) is 1. The minimum atomic E-state index is -1.07. The maximum atomic E-state index is 12.7. The van der Waals surface area contributed by atoms with Crippen molar-refractivity contribution < 1.29 is 9.59 Å². The van der Waals surface area contributed by atoms with Gasteiger partial charge >= 0.3 is 0 Å². The number of carbonyl (C=O) groups excluding carboxylic acids is 2. The van der Waals surface area contributed by atoms with Gasteiger partial charge in [-0.1, -0.05) is 24.6 Å². The molecule has 1 heterocycles. The van der Waals surface area contributed by atoms with Gasteiger partial charge in [0.05, 0.1) is 0 Å². The van der Waals surface area contributed by atoms with E-state index in [1.54, 1.807) is 18.7 Å². The van der Waals surface area contributed by atoms with Gasteiger partial charge in [-0.2, -0.15) is 0 Å². The van der Waals surface area contributed by atoms with Crippen molar-refractivity contribution in [2.75, 3.05) is 38.0 Å². The fourth-order valence-corrected chi connectivity index (χ4v) is 2.68. The summed E-state index contributed by atoms with van der Waals surface area (Å²) < 4.78 is 0. The molecule has 0 aromatic heterocycles. The molecule has 5 nitrogen and oxygen atoms in total. The Balaban J connectivity index is 2.00. The van der Waals surface area contributed by atoms with Gasteiger partial charge in [0, 0.05) is 31.9 Å². The molecule has 0 unspecified atom stereocenters. The molecule has 0 atom stereocenters. The third-order valence-electron chi connectivity index (χ3n) is 4.52. The van der Waals surface area contributed by atoms with Gasteiger partial charge in [0.25, 0.3) is 0 Å². The van der Waals surface area contributed by atoms with Crippen molar-refractivity contribution in [3.05, 3.63) is 29.8 Å². The van der Waals surface area contributed by atoms with E-state index in [0.717, 1.165) is 30.9 Å². The van der Waals surface area contributed by atoms with Crippen LogP contribution in [0.2, 0.25) is 0 Å². The molecular weight excluding hydrogens is 290 g/mol. The maximum Gasteiger partial charge on any atom is 0.239 e. The Morgan fingerprint density at radius 1 is 1.09 bits per heavy atom. The molecule has 1 fully saturated rings. The Morgan fingerprint density at radius 3 is 2.17 bits per heavy atom. The van der Waals surface area contributed by atoms with Crippen LogP contribution in [0.25, 0.3) is 0 Å². The number of carbonyl (C=O) groups is 2. The first-order valence-electron chi connectivity index (χ1n) is 8.24. The van der Waals surface area contributed by atoms with Crippen molar-refractivity contribution in [2.45, 2.75) is 27.7 Å². The van der Waals surface area contributed by atoms with E-state index in [-0.39, 0.29) is 11.8 Å². The number of nitrogens with one attached hydrogen (secondary N) is 1. The number of benzene rings is 1. The number of rotatable bonds is 4. The number of hydrogen-bond acceptors (Lipinski definition) is 3. The van der Waals surface area contributed by atoms with Crippen molar-refractivity contribution in [3.8, 4) is 0 Å². The molecule has 0 saturated carbocycles. The average molecular weight is 317 g/mol. The van der Waals surface area contributed by atoms with Crippen LogP contribution in [0.4, 0.5) is 5.69 Å². The Bertz CT molecular complexity index is 558. The molecule has 0 aliphatic carbocycles. The number of hydrogen-bond donors (Lipinski definition) is 1. The van der Waals surface area contributed by atoms with Gasteiger partial charge in [0.15, 0.2) is 0 Å². The Kier molecular flexibility index (Phi) is 5.42. The van der Waals surface area contributed by atoms with Crippen LogP contribution in [0.15, 0.2) is 24.3 Å². The summed E-state index contributed by atoms with van der Waals surface area (Å²) in [6, 6.07) is 7.59. The van der Waals surface area contributed by atoms with Crippen LogP contribution in [0, 0.1) is 12.3 Å². The molecule has 1 aliphatic heterocycles. The highest BCUT2D eigenvalue weighted by molar-refractivity contribution is 6.09. The molecule has 1 saturated heterocycles. The van der Waals surface area contributed by atoms with Crippen LogP contribution in [-0.2, 0) is 9.59 Å². The summed E-state index contributed by atoms with van der Waals surface area (Å²) in [5.74, 6) is -0.359. The molecule has 0 radical (unpaired) electrons. The zero-order chi connectivity index (χ0) is 17.0. The maximum absolute atomic E-state index is 12.7. The molecule has 1 aromatic carbocycles. The standard InChI is InChI=1S/C18H27N3O2/c1-5-20-10-12-21(13-11-20)17(23)18(3,4)16(22)19-15-8-6-14(2)7-9-15/h6-9H,5,10-13H2,1-4H3,(H,19,22). The van der Waals surface area contributed by atoms with E-state index in [1.807, 2.05) is 31.2 Å². The van der Waals surface area contributed by atoms with E-state index >= 15 is 0 Å². The molecule has 5 heteroatoms. The zero-order valence-electron chi connectivity index (χ0n) is 14.6. The largest absolute Gasteiger partial charge is 0.339 e. The van der Waals surface area contributed by atoms with Gasteiger partial charge in [-0.25, -0.2) is 0 Å². The van der Waals surface area contributed by atoms with Gasteiger partial charge < -0.3 is 15.1 Å². The van der Waals surface area contributed by atoms with E-state index in [4.69, 9.17) is 0 Å². The lowest BCUT2D eigenvalue weighted by molar-refractivity contribution is -0.147. The van der Waals surface area contributed by atoms with Gasteiger partial charge in [-0.15, -0.1) is 0 Å². The van der Waals surface area contributed by atoms with Crippen molar-refractivity contribution in [1.82, 2.24) is 9.80 Å². The van der Waals surface area contributed by atoms with E-state index in [9.17, 15) is 9.59 Å². The average Bonchev–Trinajstić information content (AvgIpc) is 2.56. The molecule has 126 valence electrons. The first-order valence-corrected chi connectivity index (χ1v) is 8.24. The SMILES string of the molecule is CCN1CCN(C(=O)C(C)(C)C(=O)Nc2ccc(C)cc2)CC1. The lowest BCUT2D eigenvalue weighted by Gasteiger charge is -2.37. The molecule has 0 bridgehead atoms. The third-order valence-corrected chi connectivity index (χ3v) is 4.52. The zero-order valence-corrected chi connectivity index (χ0v) is 14.6. The lowest BCUT2D eigenvalue weighted by Crippen LogP contribution is -2.54. The predicted octanol–water partition coefficient (Wildman–Crippen LogP) is 2.12. The van der Waals surface area contributed by atoms with Crippen LogP contribution in [0.3, 0.4) is 0 Å². The molecule has 1 aliphatic rings. The Morgan fingerprint density at radius 2 is 1.65 bits per heavy atom. The van der Waals surface area contributed by atoms with Crippen molar-refractivity contribution in [3.63, 3.8) is 0 Å². The van der Waals surface area contributed by atoms with Crippen molar-refractivity contribution in [1.29, 1.82) is 0 Å². The molecule has 2 rings (SSSR count). The second-order valence-corrected chi connectivity index (χ2v) is 6.67. The van der Waals surface area contributed by atoms with Crippen LogP contribution < -0.4 is 5.32 Å². The van der Waals surface area contributed by atoms with Crippen LogP contribution in [0.5, 0.6) is 0 Å². The van der Waals surface area contributed by atoms with Crippen molar-refractivity contribution >= 4 is 17.5 Å². The quantitative estimate of drug-likeness (QED) is 0.866. The molecule has 1 N–H and O–H groups in total. The van der Waals surface area contributed by atoms with E-state index in [2.05, 4.69) is 17.1 Å². The first-order chi connectivity index (χ1) is 10.8. The monoisotopic (exact) mass is 317 g/mol. The summed E-state index contributed by atoms with van der Waals surface area (Å²) in [6.45, 7) is 11.6. The highest BCUT2D eigenvalue weighted by Gasteiger charge is 2.39. The predicted molar refractivity (Wildman–Crippen MR) is 92.3 cm³/mol. The van der Waals surface area contributed by atoms with Crippen LogP contribution in [-0.4, -0.2) is 54.3 Å². The first kappa shape index (κ1) is 17.5. The fourth-order valence-electron chi connectivity index (χ4n) is 2.68. The Labute approximate surface area is 138 Å². The Hall–Kier alpha value is -1.88. The number of piperazine rings is 1. The molecule has 23 heavy (non-hydrogen) atoms. The number of anilines is 1. The van der Waals surface area contributed by atoms with E-state index < -0.39 is 5.41 Å². The molecule has 1 aromatic rings. The summed E-state index contributed by atoms with van der Waals surface area (Å²) in [4.78, 5) is 29.4. The van der Waals surface area contributed by atoms with Crippen LogP contribution in [0.1, 0.15) is 26.3 Å². The number of amides is 2. The molecular formula is C18H27N3O2. The minimum Gasteiger partial charge on any atom is -0.339 e. The van der Waals surface area contributed by atoms with Gasteiger partial charge in [0.1, 0.15) is 5.41 Å². The molecule has 0 spiro atoms. The summed E-state index contributed by atoms with van der Waals surface area (Å²) in [5, 5.41) is 2.85. The number of nitrogens with zero attached hydrogens (tertiary/aromatic N) is 2. The smallest absolute Gasteiger partial charge is 0.239 e. The van der Waals surface area contributed by atoms with E-state index in [0.29, 0.717) is 13.1 Å². The topological polar surface area (TPSA) is 52.7 Å². The summed E-state index contributed by atoms with van der Waals surface area (Å²) in [6.07, 6.45) is 0. The highest BCUT2D eigenvalue weighted by Crippen LogP contribution is 2.23. The second-order valence-electron chi connectivity index (χ2n) is 6.67. The third kappa shape index (κ3) is 4.10. The second kappa shape index (κ2) is 7.13. The summed E-state index contributed by atoms with van der Waals surface area (Å²) in [5.41, 5.74) is 0.781. The summed E-state index contributed by atoms with van der Waals surface area (Å²) in [7, 11) is 0. The van der Waals surface area contributed by atoms with Crippen molar-refractivity contribution in [2.24, 2.45) is 5.41 Å². The van der Waals surface area contributed by atoms with Crippen LogP contribution >= 0.6 is 0 Å². The summed E-state index contributed by atoms with van der Waals surface area (Å²) >= 11 is 0. The molecule has 2 amide bonds. The highest BCUT2D eigenvalue weighted by atomic mass is 16.2. The minimum absolute atomic E-state index is 0.0992. The fraction of sp³-hybridized carbons (Fsp3) is 0.556. The van der Waals surface area contributed by atoms with Gasteiger partial charge in [0.2, 0.25) is 11.8 Å². The van der Waals surface area contributed by atoms with Gasteiger partial charge in [-0.3, -0.25) is 9.59 Å². The van der Waals surface area contributed by atoms with Gasteiger partial charge in [-0.05, 0) is 39.4 Å². The number of aryl methyl sites for hydroxylation is 1. The lowest BCUT2D eigenvalue weighted by atomic mass is 9.89.